The standard InChI is InChI=1S/C16H32N2S/c1-4-13(3)14-12-18(11-7-10-17-14)15-8-6-9-16(15)19-5-2/h13-17H,4-12H2,1-3H3. The molecule has 1 N–H and O–H groups in total. The summed E-state index contributed by atoms with van der Waals surface area (Å²) in [5.41, 5.74) is 0. The molecule has 0 radical (unpaired) electrons. The van der Waals surface area contributed by atoms with Gasteiger partial charge in [-0.2, -0.15) is 11.8 Å². The van der Waals surface area contributed by atoms with Gasteiger partial charge in [0.25, 0.3) is 0 Å². The maximum atomic E-state index is 3.78. The van der Waals surface area contributed by atoms with Crippen LogP contribution in [0.15, 0.2) is 0 Å². The van der Waals surface area contributed by atoms with Crippen molar-refractivity contribution in [3.05, 3.63) is 0 Å². The first-order chi connectivity index (χ1) is 9.26. The molecule has 1 heterocycles. The molecule has 2 aliphatic rings. The highest BCUT2D eigenvalue weighted by atomic mass is 32.2. The third kappa shape index (κ3) is 4.12. The van der Waals surface area contributed by atoms with Crippen molar-refractivity contribution in [2.45, 2.75) is 70.2 Å². The lowest BCUT2D eigenvalue weighted by atomic mass is 9.98. The van der Waals surface area contributed by atoms with Crippen molar-refractivity contribution in [1.29, 1.82) is 0 Å². The van der Waals surface area contributed by atoms with E-state index in [1.54, 1.807) is 0 Å². The quantitative estimate of drug-likeness (QED) is 0.833. The first-order valence-corrected chi connectivity index (χ1v) is 9.40. The summed E-state index contributed by atoms with van der Waals surface area (Å²) in [5.74, 6) is 2.08. The van der Waals surface area contributed by atoms with Gasteiger partial charge in [-0.15, -0.1) is 0 Å². The van der Waals surface area contributed by atoms with E-state index in [1.165, 1.54) is 57.5 Å². The molecule has 2 fully saturated rings. The second kappa shape index (κ2) is 7.90. The van der Waals surface area contributed by atoms with Crippen LogP contribution in [0.25, 0.3) is 0 Å². The average Bonchev–Trinajstić information content (AvgIpc) is 2.74. The Morgan fingerprint density at radius 1 is 1.26 bits per heavy atom. The number of thioether (sulfide) groups is 1. The lowest BCUT2D eigenvalue weighted by molar-refractivity contribution is 0.182. The molecule has 4 unspecified atom stereocenters. The SMILES string of the molecule is CCSC1CCCC1N1CCCNC(C(C)CC)C1. The minimum absolute atomic E-state index is 0.709. The van der Waals surface area contributed by atoms with Gasteiger partial charge in [-0.05, 0) is 44.0 Å². The summed E-state index contributed by atoms with van der Waals surface area (Å²) < 4.78 is 0. The molecule has 1 saturated carbocycles. The second-order valence-electron chi connectivity index (χ2n) is 6.29. The first kappa shape index (κ1) is 15.7. The molecule has 2 nitrogen and oxygen atoms in total. The molecule has 0 amide bonds. The molecule has 2 rings (SSSR count). The summed E-state index contributed by atoms with van der Waals surface area (Å²) in [7, 11) is 0. The molecule has 0 bridgehead atoms. The predicted octanol–water partition coefficient (Wildman–Crippen LogP) is 3.37. The van der Waals surface area contributed by atoms with E-state index in [0.717, 1.165) is 17.2 Å². The Labute approximate surface area is 124 Å². The number of hydrogen-bond donors (Lipinski definition) is 1. The van der Waals surface area contributed by atoms with Crippen molar-refractivity contribution in [3.8, 4) is 0 Å². The van der Waals surface area contributed by atoms with Gasteiger partial charge < -0.3 is 5.32 Å². The third-order valence-electron chi connectivity index (χ3n) is 5.06. The Balaban J connectivity index is 1.97. The highest BCUT2D eigenvalue weighted by Crippen LogP contribution is 2.34. The van der Waals surface area contributed by atoms with E-state index in [-0.39, 0.29) is 0 Å². The van der Waals surface area contributed by atoms with Crippen molar-refractivity contribution in [3.63, 3.8) is 0 Å². The first-order valence-electron chi connectivity index (χ1n) is 8.35. The maximum Gasteiger partial charge on any atom is 0.0220 e. The molecule has 112 valence electrons. The van der Waals surface area contributed by atoms with Gasteiger partial charge in [0.15, 0.2) is 0 Å². The summed E-state index contributed by atoms with van der Waals surface area (Å²) >= 11 is 2.20. The maximum absolute atomic E-state index is 3.78. The summed E-state index contributed by atoms with van der Waals surface area (Å²) in [6.45, 7) is 10.8. The van der Waals surface area contributed by atoms with Crippen LogP contribution in [0.4, 0.5) is 0 Å². The van der Waals surface area contributed by atoms with Crippen LogP contribution >= 0.6 is 11.8 Å². The molecular weight excluding hydrogens is 252 g/mol. The van der Waals surface area contributed by atoms with Gasteiger partial charge in [-0.3, -0.25) is 4.90 Å². The molecule has 0 aromatic heterocycles. The van der Waals surface area contributed by atoms with Crippen molar-refractivity contribution in [2.24, 2.45) is 5.92 Å². The topological polar surface area (TPSA) is 15.3 Å². The molecule has 0 aromatic carbocycles. The van der Waals surface area contributed by atoms with Crippen LogP contribution in [0.1, 0.15) is 52.9 Å². The molecule has 19 heavy (non-hydrogen) atoms. The van der Waals surface area contributed by atoms with E-state index >= 15 is 0 Å². The van der Waals surface area contributed by atoms with Crippen molar-refractivity contribution in [1.82, 2.24) is 10.2 Å². The summed E-state index contributed by atoms with van der Waals surface area (Å²) in [5, 5.41) is 4.69. The van der Waals surface area contributed by atoms with E-state index in [4.69, 9.17) is 0 Å². The fraction of sp³-hybridized carbons (Fsp3) is 1.00. The summed E-state index contributed by atoms with van der Waals surface area (Å²) in [6, 6.07) is 1.57. The lowest BCUT2D eigenvalue weighted by Gasteiger charge is -2.35. The Morgan fingerprint density at radius 2 is 2.11 bits per heavy atom. The zero-order valence-corrected chi connectivity index (χ0v) is 13.8. The molecule has 3 heteroatoms. The lowest BCUT2D eigenvalue weighted by Crippen LogP contribution is -2.47. The van der Waals surface area contributed by atoms with Gasteiger partial charge in [0, 0.05) is 23.9 Å². The third-order valence-corrected chi connectivity index (χ3v) is 6.37. The molecule has 0 spiro atoms. The van der Waals surface area contributed by atoms with Crippen LogP contribution < -0.4 is 5.32 Å². The van der Waals surface area contributed by atoms with E-state index < -0.39 is 0 Å². The van der Waals surface area contributed by atoms with Crippen LogP contribution in [0.3, 0.4) is 0 Å². The van der Waals surface area contributed by atoms with Crippen molar-refractivity contribution in [2.75, 3.05) is 25.4 Å². The molecule has 4 atom stereocenters. The predicted molar refractivity (Wildman–Crippen MR) is 87.0 cm³/mol. The van der Waals surface area contributed by atoms with Gasteiger partial charge >= 0.3 is 0 Å². The Bertz CT molecular complexity index is 259. The van der Waals surface area contributed by atoms with Crippen LogP contribution in [0.5, 0.6) is 0 Å². The summed E-state index contributed by atoms with van der Waals surface area (Å²) in [4.78, 5) is 2.83. The molecule has 1 aliphatic carbocycles. The van der Waals surface area contributed by atoms with E-state index in [1.807, 2.05) is 0 Å². The zero-order chi connectivity index (χ0) is 13.7. The number of nitrogens with one attached hydrogen (secondary N) is 1. The molecule has 1 aliphatic heterocycles. The Morgan fingerprint density at radius 3 is 2.84 bits per heavy atom. The highest BCUT2D eigenvalue weighted by molar-refractivity contribution is 7.99. The fourth-order valence-electron chi connectivity index (χ4n) is 3.68. The second-order valence-corrected chi connectivity index (χ2v) is 7.80. The van der Waals surface area contributed by atoms with Gasteiger partial charge in [0.05, 0.1) is 0 Å². The monoisotopic (exact) mass is 284 g/mol. The Kier molecular flexibility index (Phi) is 6.51. The number of rotatable bonds is 5. The zero-order valence-electron chi connectivity index (χ0n) is 13.0. The molecule has 1 saturated heterocycles. The smallest absolute Gasteiger partial charge is 0.0220 e. The minimum Gasteiger partial charge on any atom is -0.312 e. The van der Waals surface area contributed by atoms with Crippen LogP contribution in [-0.2, 0) is 0 Å². The molecule has 0 aromatic rings. The molecular formula is C16H32N2S. The minimum atomic E-state index is 0.709. The number of hydrogen-bond acceptors (Lipinski definition) is 3. The number of nitrogens with zero attached hydrogens (tertiary/aromatic N) is 1. The van der Waals surface area contributed by atoms with E-state index in [2.05, 4.69) is 42.7 Å². The van der Waals surface area contributed by atoms with Gasteiger partial charge in [0.2, 0.25) is 0 Å². The fourth-order valence-corrected chi connectivity index (χ4v) is 4.97. The largest absolute Gasteiger partial charge is 0.312 e. The van der Waals surface area contributed by atoms with Crippen LogP contribution in [-0.4, -0.2) is 47.6 Å². The average molecular weight is 285 g/mol. The highest BCUT2D eigenvalue weighted by Gasteiger charge is 2.34. The van der Waals surface area contributed by atoms with Gasteiger partial charge in [-0.25, -0.2) is 0 Å². The van der Waals surface area contributed by atoms with E-state index in [0.29, 0.717) is 6.04 Å². The summed E-state index contributed by atoms with van der Waals surface area (Å²) in [6.07, 6.45) is 6.95. The normalized spacial score (nSPS) is 35.2. The Hall–Kier alpha value is 0.270. The van der Waals surface area contributed by atoms with Crippen LogP contribution in [0, 0.1) is 5.92 Å². The van der Waals surface area contributed by atoms with Gasteiger partial charge in [0.1, 0.15) is 0 Å². The van der Waals surface area contributed by atoms with Gasteiger partial charge in [-0.1, -0.05) is 33.6 Å². The van der Waals surface area contributed by atoms with Crippen molar-refractivity contribution < 1.29 is 0 Å². The van der Waals surface area contributed by atoms with Crippen molar-refractivity contribution >= 4 is 11.8 Å². The van der Waals surface area contributed by atoms with E-state index in [9.17, 15) is 0 Å². The van der Waals surface area contributed by atoms with Crippen LogP contribution in [0.2, 0.25) is 0 Å².